The second-order valence-corrected chi connectivity index (χ2v) is 2.76. The normalized spacial score (nSPS) is 15.5. The Kier molecular flexibility index (Phi) is 4.62. The first-order valence-electron chi connectivity index (χ1n) is 3.37. The van der Waals surface area contributed by atoms with Crippen LogP contribution in [-0.4, -0.2) is 5.17 Å². The highest BCUT2D eigenvalue weighted by Gasteiger charge is 1.86. The molecule has 62 valence electrons. The predicted octanol–water partition coefficient (Wildman–Crippen LogP) is 2.41. The SMILES string of the molecule is C\C=C(C)/C=C(N)\N=C(/C)Cl. The standard InChI is InChI=1S/C8H13ClN2/c1-4-6(2)5-8(10)11-7(3)9/h4-5H,10H2,1-3H3/b6-4-,8-5-,11-7+. The van der Waals surface area contributed by atoms with Crippen molar-refractivity contribution < 1.29 is 0 Å². The molecule has 0 aliphatic carbocycles. The summed E-state index contributed by atoms with van der Waals surface area (Å²) in [6, 6.07) is 0. The van der Waals surface area contributed by atoms with E-state index in [0.29, 0.717) is 11.0 Å². The summed E-state index contributed by atoms with van der Waals surface area (Å²) in [5.74, 6) is 0.438. The number of nitrogens with zero attached hydrogens (tertiary/aromatic N) is 1. The van der Waals surface area contributed by atoms with Crippen LogP contribution >= 0.6 is 11.6 Å². The summed E-state index contributed by atoms with van der Waals surface area (Å²) in [5.41, 5.74) is 6.57. The molecule has 0 rings (SSSR count). The first-order chi connectivity index (χ1) is 5.06. The summed E-state index contributed by atoms with van der Waals surface area (Å²) in [7, 11) is 0. The van der Waals surface area contributed by atoms with Crippen molar-refractivity contribution >= 4 is 16.8 Å². The fourth-order valence-corrected chi connectivity index (χ4v) is 0.624. The lowest BCUT2D eigenvalue weighted by atomic mass is 10.3. The number of allylic oxidation sites excluding steroid dienone is 3. The van der Waals surface area contributed by atoms with E-state index in [1.165, 1.54) is 0 Å². The van der Waals surface area contributed by atoms with E-state index in [9.17, 15) is 0 Å². The Morgan fingerprint density at radius 1 is 1.45 bits per heavy atom. The van der Waals surface area contributed by atoms with Crippen LogP contribution in [0.1, 0.15) is 20.8 Å². The number of halogens is 1. The summed E-state index contributed by atoms with van der Waals surface area (Å²) < 4.78 is 0. The molecule has 0 saturated carbocycles. The molecular weight excluding hydrogens is 160 g/mol. The molecule has 2 nitrogen and oxygen atoms in total. The molecule has 0 unspecified atom stereocenters. The molecule has 0 radical (unpaired) electrons. The molecule has 0 fully saturated rings. The van der Waals surface area contributed by atoms with Crippen LogP contribution in [0.25, 0.3) is 0 Å². The van der Waals surface area contributed by atoms with Gasteiger partial charge in [0.25, 0.3) is 0 Å². The Bertz CT molecular complexity index is 210. The third-order valence-corrected chi connectivity index (χ3v) is 1.20. The molecule has 0 saturated heterocycles. The Morgan fingerprint density at radius 3 is 2.36 bits per heavy atom. The van der Waals surface area contributed by atoms with Gasteiger partial charge in [0, 0.05) is 0 Å². The summed E-state index contributed by atoms with van der Waals surface area (Å²) >= 11 is 5.51. The maximum atomic E-state index is 5.51. The highest BCUT2D eigenvalue weighted by molar-refractivity contribution is 6.64. The van der Waals surface area contributed by atoms with Gasteiger partial charge in [0.15, 0.2) is 0 Å². The summed E-state index contributed by atoms with van der Waals surface area (Å²) in [4.78, 5) is 3.85. The molecule has 0 atom stereocenters. The maximum Gasteiger partial charge on any atom is 0.124 e. The van der Waals surface area contributed by atoms with E-state index in [1.807, 2.05) is 19.9 Å². The molecule has 0 bridgehead atoms. The highest BCUT2D eigenvalue weighted by atomic mass is 35.5. The largest absolute Gasteiger partial charge is 0.384 e. The van der Waals surface area contributed by atoms with Gasteiger partial charge in [-0.15, -0.1) is 0 Å². The van der Waals surface area contributed by atoms with E-state index in [2.05, 4.69) is 4.99 Å². The zero-order valence-corrected chi connectivity index (χ0v) is 7.81. The van der Waals surface area contributed by atoms with E-state index in [0.717, 1.165) is 5.57 Å². The predicted molar refractivity (Wildman–Crippen MR) is 50.7 cm³/mol. The molecular formula is C8H13ClN2. The second-order valence-electron chi connectivity index (χ2n) is 2.21. The zero-order chi connectivity index (χ0) is 8.85. The molecule has 0 amide bonds. The van der Waals surface area contributed by atoms with Crippen LogP contribution < -0.4 is 5.73 Å². The van der Waals surface area contributed by atoms with Gasteiger partial charge in [-0.3, -0.25) is 0 Å². The van der Waals surface area contributed by atoms with Gasteiger partial charge < -0.3 is 5.73 Å². The van der Waals surface area contributed by atoms with Crippen LogP contribution in [0.3, 0.4) is 0 Å². The van der Waals surface area contributed by atoms with Crippen molar-refractivity contribution in [1.29, 1.82) is 0 Å². The van der Waals surface area contributed by atoms with Crippen molar-refractivity contribution in [2.45, 2.75) is 20.8 Å². The van der Waals surface area contributed by atoms with E-state index in [-0.39, 0.29) is 0 Å². The van der Waals surface area contributed by atoms with Crippen LogP contribution in [0, 0.1) is 0 Å². The van der Waals surface area contributed by atoms with E-state index >= 15 is 0 Å². The molecule has 0 spiro atoms. The third kappa shape index (κ3) is 5.67. The molecule has 0 aromatic carbocycles. The first kappa shape index (κ1) is 10.2. The van der Waals surface area contributed by atoms with Gasteiger partial charge in [-0.1, -0.05) is 23.3 Å². The van der Waals surface area contributed by atoms with Crippen LogP contribution in [0.5, 0.6) is 0 Å². The monoisotopic (exact) mass is 172 g/mol. The molecule has 0 aromatic rings. The maximum absolute atomic E-state index is 5.51. The molecule has 0 aliphatic rings. The lowest BCUT2D eigenvalue weighted by Crippen LogP contribution is -1.95. The Balaban J connectivity index is 4.36. The van der Waals surface area contributed by atoms with Gasteiger partial charge in [0.2, 0.25) is 0 Å². The molecule has 3 heteroatoms. The van der Waals surface area contributed by atoms with Gasteiger partial charge in [-0.25, -0.2) is 4.99 Å². The smallest absolute Gasteiger partial charge is 0.124 e. The van der Waals surface area contributed by atoms with Crippen molar-refractivity contribution in [2.75, 3.05) is 0 Å². The minimum atomic E-state index is 0.438. The van der Waals surface area contributed by atoms with Crippen molar-refractivity contribution in [1.82, 2.24) is 0 Å². The van der Waals surface area contributed by atoms with Crippen molar-refractivity contribution in [3.8, 4) is 0 Å². The minimum absolute atomic E-state index is 0.438. The summed E-state index contributed by atoms with van der Waals surface area (Å²) in [5, 5.41) is 0.447. The quantitative estimate of drug-likeness (QED) is 0.504. The van der Waals surface area contributed by atoms with Gasteiger partial charge in [0.05, 0.1) is 0 Å². The topological polar surface area (TPSA) is 38.4 Å². The van der Waals surface area contributed by atoms with Gasteiger partial charge in [-0.05, 0) is 26.8 Å². The van der Waals surface area contributed by atoms with E-state index in [4.69, 9.17) is 17.3 Å². The molecule has 0 aromatic heterocycles. The Morgan fingerprint density at radius 2 is 2.00 bits per heavy atom. The number of hydrogen-bond acceptors (Lipinski definition) is 2. The fourth-order valence-electron chi connectivity index (χ4n) is 0.527. The molecule has 0 aliphatic heterocycles. The lowest BCUT2D eigenvalue weighted by Gasteiger charge is -1.93. The number of hydrogen-bond donors (Lipinski definition) is 1. The third-order valence-electron chi connectivity index (χ3n) is 1.11. The van der Waals surface area contributed by atoms with E-state index < -0.39 is 0 Å². The number of rotatable bonds is 2. The van der Waals surface area contributed by atoms with Crippen molar-refractivity contribution in [2.24, 2.45) is 10.7 Å². The minimum Gasteiger partial charge on any atom is -0.384 e. The van der Waals surface area contributed by atoms with Gasteiger partial charge in [0.1, 0.15) is 11.0 Å². The Labute approximate surface area is 72.5 Å². The van der Waals surface area contributed by atoms with Gasteiger partial charge >= 0.3 is 0 Å². The first-order valence-corrected chi connectivity index (χ1v) is 3.75. The number of aliphatic imine (C=N–C) groups is 1. The van der Waals surface area contributed by atoms with Crippen LogP contribution in [0.2, 0.25) is 0 Å². The molecule has 0 heterocycles. The Hall–Kier alpha value is -0.760. The summed E-state index contributed by atoms with van der Waals surface area (Å²) in [6.07, 6.45) is 3.72. The molecule has 2 N–H and O–H groups in total. The molecule has 11 heavy (non-hydrogen) atoms. The fraction of sp³-hybridized carbons (Fsp3) is 0.375. The second kappa shape index (κ2) is 4.97. The van der Waals surface area contributed by atoms with Crippen LogP contribution in [0.15, 0.2) is 28.5 Å². The average Bonchev–Trinajstić information content (AvgIpc) is 1.85. The van der Waals surface area contributed by atoms with Crippen molar-refractivity contribution in [3.05, 3.63) is 23.5 Å². The highest BCUT2D eigenvalue weighted by Crippen LogP contribution is 1.99. The average molecular weight is 173 g/mol. The van der Waals surface area contributed by atoms with E-state index in [1.54, 1.807) is 13.0 Å². The summed E-state index contributed by atoms with van der Waals surface area (Å²) in [6.45, 7) is 5.58. The van der Waals surface area contributed by atoms with Crippen LogP contribution in [-0.2, 0) is 0 Å². The lowest BCUT2D eigenvalue weighted by molar-refractivity contribution is 1.23. The van der Waals surface area contributed by atoms with Crippen molar-refractivity contribution in [3.63, 3.8) is 0 Å². The number of nitrogens with two attached hydrogens (primary N) is 1. The van der Waals surface area contributed by atoms with Gasteiger partial charge in [-0.2, -0.15) is 0 Å². The van der Waals surface area contributed by atoms with Crippen LogP contribution in [0.4, 0.5) is 0 Å². The zero-order valence-electron chi connectivity index (χ0n) is 7.06.